The highest BCUT2D eigenvalue weighted by atomic mass is 16.5. The number of rotatable bonds is 4. The zero-order valence-corrected chi connectivity index (χ0v) is 11.6. The molecule has 0 amide bonds. The first-order chi connectivity index (χ1) is 10.3. The summed E-state index contributed by atoms with van der Waals surface area (Å²) in [4.78, 5) is 25.1. The molecule has 1 fully saturated rings. The topological polar surface area (TPSA) is 43.4 Å². The molecule has 1 aliphatic rings. The van der Waals surface area contributed by atoms with E-state index in [1.807, 2.05) is 36.4 Å². The van der Waals surface area contributed by atoms with Gasteiger partial charge in [0.15, 0.2) is 11.6 Å². The number of Topliss-reactive ketones (excluding diaryl/α,β-unsaturated/α-hetero) is 2. The van der Waals surface area contributed by atoms with E-state index in [2.05, 4.69) is 0 Å². The van der Waals surface area contributed by atoms with Gasteiger partial charge in [0.05, 0.1) is 25.0 Å². The summed E-state index contributed by atoms with van der Waals surface area (Å²) in [7, 11) is 0. The Hall–Kier alpha value is -2.26. The molecular formula is C18H16O3. The summed E-state index contributed by atoms with van der Waals surface area (Å²) in [5, 5.41) is 0. The lowest BCUT2D eigenvalue weighted by Crippen LogP contribution is -2.29. The van der Waals surface area contributed by atoms with Crippen molar-refractivity contribution in [3.8, 4) is 0 Å². The van der Waals surface area contributed by atoms with E-state index in [4.69, 9.17) is 4.74 Å². The molecule has 0 aliphatic carbocycles. The van der Waals surface area contributed by atoms with Crippen molar-refractivity contribution >= 4 is 11.6 Å². The lowest BCUT2D eigenvalue weighted by atomic mass is 9.83. The monoisotopic (exact) mass is 280 g/mol. The highest BCUT2D eigenvalue weighted by Gasteiger charge is 2.39. The Bertz CT molecular complexity index is 577. The van der Waals surface area contributed by atoms with Gasteiger partial charge in [-0.2, -0.15) is 0 Å². The molecule has 3 rings (SSSR count). The summed E-state index contributed by atoms with van der Waals surface area (Å²) in [6.45, 7) is 0.633. The van der Waals surface area contributed by atoms with Gasteiger partial charge in [-0.25, -0.2) is 0 Å². The normalized spacial score (nSPS) is 21.1. The van der Waals surface area contributed by atoms with E-state index in [1.54, 1.807) is 24.3 Å². The first-order valence-electron chi connectivity index (χ1n) is 7.03. The SMILES string of the molecule is O=C(c1ccccc1)[C@H]1COC[C@H]1C(=O)c1ccccc1. The minimum Gasteiger partial charge on any atom is -0.380 e. The van der Waals surface area contributed by atoms with Crippen molar-refractivity contribution in [1.29, 1.82) is 0 Å². The van der Waals surface area contributed by atoms with Crippen molar-refractivity contribution in [1.82, 2.24) is 0 Å². The molecule has 0 bridgehead atoms. The van der Waals surface area contributed by atoms with E-state index in [9.17, 15) is 9.59 Å². The van der Waals surface area contributed by atoms with Crippen LogP contribution in [0.25, 0.3) is 0 Å². The lowest BCUT2D eigenvalue weighted by molar-refractivity contribution is 0.0809. The number of ketones is 2. The van der Waals surface area contributed by atoms with Gasteiger partial charge in [-0.15, -0.1) is 0 Å². The molecule has 3 nitrogen and oxygen atoms in total. The van der Waals surface area contributed by atoms with E-state index in [0.717, 1.165) is 0 Å². The molecule has 1 heterocycles. The Labute approximate surface area is 123 Å². The van der Waals surface area contributed by atoms with Crippen LogP contribution in [-0.4, -0.2) is 24.8 Å². The molecule has 1 aliphatic heterocycles. The van der Waals surface area contributed by atoms with Crippen LogP contribution in [0.4, 0.5) is 0 Å². The van der Waals surface area contributed by atoms with Gasteiger partial charge in [-0.05, 0) is 0 Å². The average Bonchev–Trinajstić information content (AvgIpc) is 3.04. The van der Waals surface area contributed by atoms with Crippen LogP contribution in [0.5, 0.6) is 0 Å². The zero-order valence-electron chi connectivity index (χ0n) is 11.6. The van der Waals surface area contributed by atoms with E-state index in [-0.39, 0.29) is 23.4 Å². The largest absolute Gasteiger partial charge is 0.380 e. The van der Waals surface area contributed by atoms with Gasteiger partial charge < -0.3 is 4.74 Å². The van der Waals surface area contributed by atoms with Crippen LogP contribution >= 0.6 is 0 Å². The van der Waals surface area contributed by atoms with E-state index >= 15 is 0 Å². The van der Waals surface area contributed by atoms with Crippen molar-refractivity contribution in [3.05, 3.63) is 71.8 Å². The molecular weight excluding hydrogens is 264 g/mol. The fraction of sp³-hybridized carbons (Fsp3) is 0.222. The van der Waals surface area contributed by atoms with E-state index in [1.165, 1.54) is 0 Å². The molecule has 3 heteroatoms. The second kappa shape index (κ2) is 6.02. The third-order valence-corrected chi connectivity index (χ3v) is 3.87. The summed E-state index contributed by atoms with van der Waals surface area (Å²) >= 11 is 0. The number of ether oxygens (including phenoxy) is 1. The molecule has 2 aromatic carbocycles. The maximum atomic E-state index is 12.6. The standard InChI is InChI=1S/C18H16O3/c19-17(13-7-3-1-4-8-13)15-11-21-12-16(15)18(20)14-9-5-2-6-10-14/h1-10,15-16H,11-12H2/t15-,16+. The van der Waals surface area contributed by atoms with Crippen LogP contribution in [0, 0.1) is 11.8 Å². The Balaban J connectivity index is 1.83. The number of carbonyl (C=O) groups excluding carboxylic acids is 2. The van der Waals surface area contributed by atoms with Crippen molar-refractivity contribution in [2.45, 2.75) is 0 Å². The molecule has 0 aromatic heterocycles. The number of hydrogen-bond donors (Lipinski definition) is 0. The number of carbonyl (C=O) groups is 2. The Morgan fingerprint density at radius 2 is 1.10 bits per heavy atom. The molecule has 0 unspecified atom stereocenters. The molecule has 21 heavy (non-hydrogen) atoms. The van der Waals surface area contributed by atoms with E-state index < -0.39 is 0 Å². The number of hydrogen-bond acceptors (Lipinski definition) is 3. The van der Waals surface area contributed by atoms with Crippen molar-refractivity contribution in [2.24, 2.45) is 11.8 Å². The number of benzene rings is 2. The van der Waals surface area contributed by atoms with Gasteiger partial charge in [0.25, 0.3) is 0 Å². The average molecular weight is 280 g/mol. The predicted octanol–water partition coefficient (Wildman–Crippen LogP) is 3.01. The van der Waals surface area contributed by atoms with Gasteiger partial charge in [0.1, 0.15) is 0 Å². The van der Waals surface area contributed by atoms with Gasteiger partial charge in [0.2, 0.25) is 0 Å². The van der Waals surface area contributed by atoms with Crippen LogP contribution in [-0.2, 0) is 4.74 Å². The first kappa shape index (κ1) is 13.7. The third kappa shape index (κ3) is 2.78. The van der Waals surface area contributed by atoms with Crippen LogP contribution < -0.4 is 0 Å². The lowest BCUT2D eigenvalue weighted by Gasteiger charge is -2.15. The van der Waals surface area contributed by atoms with Crippen LogP contribution in [0.15, 0.2) is 60.7 Å². The molecule has 0 radical (unpaired) electrons. The smallest absolute Gasteiger partial charge is 0.169 e. The van der Waals surface area contributed by atoms with Gasteiger partial charge in [-0.3, -0.25) is 9.59 Å². The van der Waals surface area contributed by atoms with E-state index in [0.29, 0.717) is 24.3 Å². The fourth-order valence-electron chi connectivity index (χ4n) is 2.70. The molecule has 2 aromatic rings. The maximum absolute atomic E-state index is 12.6. The van der Waals surface area contributed by atoms with Crippen LogP contribution in [0.3, 0.4) is 0 Å². The van der Waals surface area contributed by atoms with Crippen molar-refractivity contribution < 1.29 is 14.3 Å². The van der Waals surface area contributed by atoms with Crippen LogP contribution in [0.1, 0.15) is 20.7 Å². The molecule has 2 atom stereocenters. The summed E-state index contributed by atoms with van der Waals surface area (Å²) in [5.74, 6) is -0.801. The highest BCUT2D eigenvalue weighted by molar-refractivity contribution is 6.05. The highest BCUT2D eigenvalue weighted by Crippen LogP contribution is 2.28. The maximum Gasteiger partial charge on any atom is 0.169 e. The van der Waals surface area contributed by atoms with Gasteiger partial charge >= 0.3 is 0 Å². The van der Waals surface area contributed by atoms with Gasteiger partial charge in [0, 0.05) is 11.1 Å². The van der Waals surface area contributed by atoms with Crippen molar-refractivity contribution in [2.75, 3.05) is 13.2 Å². The van der Waals surface area contributed by atoms with Crippen molar-refractivity contribution in [3.63, 3.8) is 0 Å². The Morgan fingerprint density at radius 3 is 1.48 bits per heavy atom. The Morgan fingerprint density at radius 1 is 0.714 bits per heavy atom. The first-order valence-corrected chi connectivity index (χ1v) is 7.03. The quantitative estimate of drug-likeness (QED) is 0.809. The van der Waals surface area contributed by atoms with Gasteiger partial charge in [-0.1, -0.05) is 60.7 Å². The predicted molar refractivity (Wildman–Crippen MR) is 79.3 cm³/mol. The summed E-state index contributed by atoms with van der Waals surface area (Å²) in [6.07, 6.45) is 0. The third-order valence-electron chi connectivity index (χ3n) is 3.87. The molecule has 0 saturated carbocycles. The molecule has 106 valence electrons. The Kier molecular flexibility index (Phi) is 3.93. The summed E-state index contributed by atoms with van der Waals surface area (Å²) in [6, 6.07) is 18.2. The molecule has 0 N–H and O–H groups in total. The minimum atomic E-state index is -0.389. The summed E-state index contributed by atoms with van der Waals surface area (Å²) < 4.78 is 5.41. The molecule has 1 saturated heterocycles. The minimum absolute atomic E-state index is 0.0117. The second-order valence-electron chi connectivity index (χ2n) is 5.21. The van der Waals surface area contributed by atoms with Crippen LogP contribution in [0.2, 0.25) is 0 Å². The summed E-state index contributed by atoms with van der Waals surface area (Å²) in [5.41, 5.74) is 1.28. The zero-order chi connectivity index (χ0) is 14.7. The molecule has 0 spiro atoms. The second-order valence-corrected chi connectivity index (χ2v) is 5.21. The fourth-order valence-corrected chi connectivity index (χ4v) is 2.70.